The van der Waals surface area contributed by atoms with Crippen molar-refractivity contribution in [1.82, 2.24) is 0 Å². The van der Waals surface area contributed by atoms with Crippen LogP contribution in [0.2, 0.25) is 0 Å². The second-order valence-corrected chi connectivity index (χ2v) is 15.4. The Morgan fingerprint density at radius 2 is 0.611 bits per heavy atom. The molecule has 0 aliphatic heterocycles. The fraction of sp³-hybridized carbons (Fsp3) is 0.154. The molecule has 0 atom stereocenters. The number of hydrogen-bond donors (Lipinski definition) is 0. The molecule has 0 heterocycles. The molecule has 0 aromatic heterocycles. The van der Waals surface area contributed by atoms with Crippen molar-refractivity contribution in [2.75, 3.05) is 0 Å². The van der Waals surface area contributed by atoms with Gasteiger partial charge in [0.2, 0.25) is 0 Å². The molecule has 54 heavy (non-hydrogen) atoms. The SMILES string of the molecule is CC(C)(C)c1cc2c(-c3ccccc3)ccc(-c3ccccc3)c2[cH-]1.CC(C)(C)c1cc2c(-c3ccccc3)ccc(-c3ccccc3)c2[cH-]1.[CH3-].[CH3-].[Si]=[Zr]. The van der Waals surface area contributed by atoms with Gasteiger partial charge in [-0.05, 0) is 22.0 Å². The molecule has 0 spiro atoms. The molecule has 0 amide bonds. The zero-order chi connectivity index (χ0) is 36.9. The quantitative estimate of drug-likeness (QED) is 0.123. The van der Waals surface area contributed by atoms with Gasteiger partial charge >= 0.3 is 30.2 Å². The topological polar surface area (TPSA) is 0 Å². The second kappa shape index (κ2) is 18.3. The molecule has 0 unspecified atom stereocenters. The zero-order valence-electron chi connectivity index (χ0n) is 33.2. The fourth-order valence-corrected chi connectivity index (χ4v) is 6.94. The fourth-order valence-electron chi connectivity index (χ4n) is 6.94. The minimum absolute atomic E-state index is 0. The van der Waals surface area contributed by atoms with Gasteiger partial charge in [0, 0.05) is 0 Å². The first-order valence-electron chi connectivity index (χ1n) is 18.0. The van der Waals surface area contributed by atoms with Crippen LogP contribution in [0, 0.1) is 14.9 Å². The van der Waals surface area contributed by atoms with Crippen molar-refractivity contribution in [1.29, 1.82) is 0 Å². The van der Waals surface area contributed by atoms with Crippen LogP contribution in [0.15, 0.2) is 170 Å². The zero-order valence-corrected chi connectivity index (χ0v) is 36.6. The van der Waals surface area contributed by atoms with E-state index in [4.69, 9.17) is 0 Å². The average Bonchev–Trinajstić information content (AvgIpc) is 3.84. The van der Waals surface area contributed by atoms with Gasteiger partial charge in [-0.25, -0.2) is 0 Å². The summed E-state index contributed by atoms with van der Waals surface area (Å²) in [7, 11) is 0. The summed E-state index contributed by atoms with van der Waals surface area (Å²) < 4.78 is 0. The summed E-state index contributed by atoms with van der Waals surface area (Å²) in [5, 5.41) is 5.38. The van der Waals surface area contributed by atoms with Gasteiger partial charge in [-0.2, -0.15) is 12.1 Å². The molecule has 0 N–H and O–H groups in total. The summed E-state index contributed by atoms with van der Waals surface area (Å²) in [6, 6.07) is 61.3. The van der Waals surface area contributed by atoms with Crippen molar-refractivity contribution in [2.45, 2.75) is 52.4 Å². The Kier molecular flexibility index (Phi) is 14.4. The van der Waals surface area contributed by atoms with Crippen LogP contribution >= 0.6 is 0 Å². The number of rotatable bonds is 4. The van der Waals surface area contributed by atoms with E-state index in [0.717, 1.165) is 0 Å². The number of fused-ring (bicyclic) bond motifs is 2. The third-order valence-electron chi connectivity index (χ3n) is 9.84. The Hall–Kier alpha value is -4.36. The van der Waals surface area contributed by atoms with Gasteiger partial charge in [0.25, 0.3) is 0 Å². The Morgan fingerprint density at radius 1 is 0.370 bits per heavy atom. The van der Waals surface area contributed by atoms with E-state index < -0.39 is 0 Å². The van der Waals surface area contributed by atoms with Crippen molar-refractivity contribution >= 4 is 28.4 Å². The van der Waals surface area contributed by atoms with Crippen LogP contribution in [0.3, 0.4) is 0 Å². The molecule has 8 aromatic rings. The van der Waals surface area contributed by atoms with Gasteiger partial charge in [-0.1, -0.05) is 221 Å². The first kappa shape index (κ1) is 42.4. The standard InChI is InChI=1S/2C25H23.2CH3.Si.Zr/c2*1-25(2,3)20-16-23-21(18-10-6-4-7-11-18)14-15-22(24(23)17-20)19-12-8-5-9-13-19;;;;/h2*4-17H,1-3H3;2*1H3;;/q4*-1;;. The second-order valence-electron chi connectivity index (χ2n) is 15.4. The summed E-state index contributed by atoms with van der Waals surface area (Å²) in [5.41, 5.74) is 13.4. The predicted molar refractivity (Wildman–Crippen MR) is 237 cm³/mol. The molecule has 8 rings (SSSR count). The summed E-state index contributed by atoms with van der Waals surface area (Å²) in [4.78, 5) is 0. The molecule has 0 nitrogen and oxygen atoms in total. The van der Waals surface area contributed by atoms with Crippen molar-refractivity contribution in [3.63, 3.8) is 0 Å². The van der Waals surface area contributed by atoms with Gasteiger partial charge in [0.05, 0.1) is 0 Å². The average molecular weight is 796 g/mol. The van der Waals surface area contributed by atoms with E-state index in [1.54, 1.807) is 0 Å². The van der Waals surface area contributed by atoms with Crippen LogP contribution in [0.1, 0.15) is 52.7 Å². The maximum absolute atomic E-state index is 3.06. The molecule has 2 heteroatoms. The van der Waals surface area contributed by atoms with E-state index in [9.17, 15) is 0 Å². The Bertz CT molecular complexity index is 2040. The maximum atomic E-state index is 3.06. The molecule has 8 aromatic carbocycles. The minimum atomic E-state index is 0. The molecule has 0 saturated carbocycles. The van der Waals surface area contributed by atoms with Crippen LogP contribution in [0.5, 0.6) is 0 Å². The first-order valence-corrected chi connectivity index (χ1v) is 22.2. The molecule has 0 aliphatic rings. The van der Waals surface area contributed by atoms with Crippen LogP contribution < -0.4 is 0 Å². The van der Waals surface area contributed by atoms with Crippen LogP contribution in [-0.4, -0.2) is 6.88 Å². The van der Waals surface area contributed by atoms with Gasteiger partial charge in [-0.15, -0.1) is 44.8 Å². The Labute approximate surface area is 342 Å². The van der Waals surface area contributed by atoms with E-state index in [-0.39, 0.29) is 25.7 Å². The van der Waals surface area contributed by atoms with E-state index in [1.807, 2.05) is 0 Å². The Morgan fingerprint density at radius 3 is 0.870 bits per heavy atom. The van der Waals surface area contributed by atoms with Crippen molar-refractivity contribution in [3.8, 4) is 44.5 Å². The molecule has 0 fully saturated rings. The van der Waals surface area contributed by atoms with Gasteiger partial charge in [0.1, 0.15) is 0 Å². The van der Waals surface area contributed by atoms with E-state index >= 15 is 0 Å². The van der Waals surface area contributed by atoms with Crippen LogP contribution in [-0.2, 0) is 34.2 Å². The molecular formula is C52H52SiZr-4. The van der Waals surface area contributed by atoms with E-state index in [1.165, 1.54) is 101 Å². The van der Waals surface area contributed by atoms with Crippen molar-refractivity contribution in [3.05, 3.63) is 196 Å². The Balaban J connectivity index is 0.000000222. The van der Waals surface area contributed by atoms with Gasteiger partial charge < -0.3 is 14.9 Å². The molecule has 0 saturated heterocycles. The van der Waals surface area contributed by atoms with Crippen LogP contribution in [0.4, 0.5) is 0 Å². The number of benzene rings is 6. The summed E-state index contributed by atoms with van der Waals surface area (Å²) in [6.45, 7) is 16.8. The third-order valence-corrected chi connectivity index (χ3v) is 9.84. The third kappa shape index (κ3) is 9.29. The molecule has 2 radical (unpaired) electrons. The summed E-state index contributed by atoms with van der Waals surface area (Å²) >= 11 is 1.36. The van der Waals surface area contributed by atoms with Gasteiger partial charge in [0.15, 0.2) is 0 Å². The number of hydrogen-bond acceptors (Lipinski definition) is 0. The molecule has 0 aliphatic carbocycles. The molecule has 0 bridgehead atoms. The predicted octanol–water partition coefficient (Wildman–Crippen LogP) is 14.9. The van der Waals surface area contributed by atoms with Crippen LogP contribution in [0.25, 0.3) is 66.1 Å². The monoisotopic (exact) mass is 794 g/mol. The normalized spacial score (nSPS) is 11.0. The summed E-state index contributed by atoms with van der Waals surface area (Å²) in [6.07, 6.45) is 0. The first-order chi connectivity index (χ1) is 25.1. The summed E-state index contributed by atoms with van der Waals surface area (Å²) in [5.74, 6) is 0. The van der Waals surface area contributed by atoms with Crippen molar-refractivity contribution < 1.29 is 23.3 Å². The van der Waals surface area contributed by atoms with E-state index in [2.05, 4.69) is 218 Å². The molecule has 272 valence electrons. The van der Waals surface area contributed by atoms with E-state index in [0.29, 0.717) is 0 Å². The van der Waals surface area contributed by atoms with Gasteiger partial charge in [-0.3, -0.25) is 0 Å². The van der Waals surface area contributed by atoms with Crippen molar-refractivity contribution in [2.24, 2.45) is 0 Å². The molecular weight excluding hydrogens is 744 g/mol.